The molecular formula is C8H15N. The van der Waals surface area contributed by atoms with E-state index in [1.54, 1.807) is 0 Å². The summed E-state index contributed by atoms with van der Waals surface area (Å²) in [6.07, 6.45) is 2.87. The second-order valence-corrected chi connectivity index (χ2v) is 3.44. The molecule has 0 aromatic rings. The van der Waals surface area contributed by atoms with Crippen LogP contribution in [0.1, 0.15) is 19.8 Å². The molecule has 2 aliphatic rings. The molecule has 1 heteroatoms. The third-order valence-corrected chi connectivity index (χ3v) is 2.89. The zero-order valence-electron chi connectivity index (χ0n) is 6.06. The van der Waals surface area contributed by atoms with Crippen LogP contribution in [-0.2, 0) is 0 Å². The standard InChI is InChI=1S/C8H15N/c1-2-3-6-7-4-9-5-8(6)7/h6-9H,2-5H2,1H3/t6-,7-,8+. The van der Waals surface area contributed by atoms with Gasteiger partial charge < -0.3 is 5.32 Å². The SMILES string of the molecule is CCC[C@@H]1[C@H]2CNC[C@@H]12. The summed E-state index contributed by atoms with van der Waals surface area (Å²) < 4.78 is 0. The fourth-order valence-electron chi connectivity index (χ4n) is 2.31. The van der Waals surface area contributed by atoms with Crippen molar-refractivity contribution in [1.82, 2.24) is 5.32 Å². The zero-order valence-corrected chi connectivity index (χ0v) is 6.06. The van der Waals surface area contributed by atoms with Crippen molar-refractivity contribution in [3.05, 3.63) is 0 Å². The van der Waals surface area contributed by atoms with Gasteiger partial charge in [0.05, 0.1) is 0 Å². The first-order chi connectivity index (χ1) is 4.43. The number of fused-ring (bicyclic) bond motifs is 1. The first kappa shape index (κ1) is 5.72. The molecule has 0 unspecified atom stereocenters. The smallest absolute Gasteiger partial charge is 0.00144 e. The van der Waals surface area contributed by atoms with Crippen molar-refractivity contribution in [3.8, 4) is 0 Å². The average molecular weight is 125 g/mol. The Labute approximate surface area is 56.8 Å². The van der Waals surface area contributed by atoms with Crippen LogP contribution in [0.3, 0.4) is 0 Å². The van der Waals surface area contributed by atoms with Gasteiger partial charge in [-0.3, -0.25) is 0 Å². The van der Waals surface area contributed by atoms with Gasteiger partial charge in [0, 0.05) is 0 Å². The lowest BCUT2D eigenvalue weighted by atomic mass is 10.2. The van der Waals surface area contributed by atoms with Crippen molar-refractivity contribution >= 4 is 0 Å². The monoisotopic (exact) mass is 125 g/mol. The van der Waals surface area contributed by atoms with Crippen LogP contribution in [0, 0.1) is 17.8 Å². The molecule has 0 spiro atoms. The Kier molecular flexibility index (Phi) is 1.26. The summed E-state index contributed by atoms with van der Waals surface area (Å²) in [5.41, 5.74) is 0. The molecule has 2 rings (SSSR count). The molecule has 52 valence electrons. The second-order valence-electron chi connectivity index (χ2n) is 3.44. The minimum Gasteiger partial charge on any atom is -0.316 e. The van der Waals surface area contributed by atoms with Gasteiger partial charge in [0.2, 0.25) is 0 Å². The average Bonchev–Trinajstić information content (AvgIpc) is 2.39. The maximum atomic E-state index is 3.41. The van der Waals surface area contributed by atoms with Gasteiger partial charge in [0.25, 0.3) is 0 Å². The molecule has 1 aliphatic carbocycles. The number of hydrogen-bond donors (Lipinski definition) is 1. The zero-order chi connectivity index (χ0) is 6.27. The maximum Gasteiger partial charge on any atom is -0.00144 e. The predicted octanol–water partition coefficient (Wildman–Crippen LogP) is 1.25. The number of hydrogen-bond acceptors (Lipinski definition) is 1. The van der Waals surface area contributed by atoms with Gasteiger partial charge in [-0.2, -0.15) is 0 Å². The van der Waals surface area contributed by atoms with E-state index in [0.717, 1.165) is 17.8 Å². The first-order valence-corrected chi connectivity index (χ1v) is 4.14. The van der Waals surface area contributed by atoms with Crippen molar-refractivity contribution in [2.45, 2.75) is 19.8 Å². The van der Waals surface area contributed by atoms with E-state index in [4.69, 9.17) is 0 Å². The van der Waals surface area contributed by atoms with Gasteiger partial charge in [-0.1, -0.05) is 19.8 Å². The Morgan fingerprint density at radius 2 is 2.00 bits per heavy atom. The van der Waals surface area contributed by atoms with Crippen LogP contribution < -0.4 is 5.32 Å². The maximum absolute atomic E-state index is 3.41. The van der Waals surface area contributed by atoms with Gasteiger partial charge >= 0.3 is 0 Å². The lowest BCUT2D eigenvalue weighted by Gasteiger charge is -1.99. The van der Waals surface area contributed by atoms with Gasteiger partial charge in [-0.25, -0.2) is 0 Å². The third-order valence-electron chi connectivity index (χ3n) is 2.89. The van der Waals surface area contributed by atoms with E-state index in [9.17, 15) is 0 Å². The van der Waals surface area contributed by atoms with E-state index in [1.165, 1.54) is 25.9 Å². The summed E-state index contributed by atoms with van der Waals surface area (Å²) in [5, 5.41) is 3.41. The van der Waals surface area contributed by atoms with Crippen molar-refractivity contribution in [2.24, 2.45) is 17.8 Å². The Bertz CT molecular complexity index is 101. The molecule has 3 atom stereocenters. The first-order valence-electron chi connectivity index (χ1n) is 4.14. The topological polar surface area (TPSA) is 12.0 Å². The molecule has 1 N–H and O–H groups in total. The Hall–Kier alpha value is -0.0400. The summed E-state index contributed by atoms with van der Waals surface area (Å²) in [4.78, 5) is 0. The van der Waals surface area contributed by atoms with E-state index >= 15 is 0 Å². The summed E-state index contributed by atoms with van der Waals surface area (Å²) in [6, 6.07) is 0. The summed E-state index contributed by atoms with van der Waals surface area (Å²) in [7, 11) is 0. The third kappa shape index (κ3) is 0.787. The molecular weight excluding hydrogens is 110 g/mol. The van der Waals surface area contributed by atoms with Crippen LogP contribution in [0.25, 0.3) is 0 Å². The highest BCUT2D eigenvalue weighted by atomic mass is 15.0. The molecule has 1 nitrogen and oxygen atoms in total. The molecule has 1 heterocycles. The van der Waals surface area contributed by atoms with Gasteiger partial charge in [0.15, 0.2) is 0 Å². The van der Waals surface area contributed by atoms with Gasteiger partial charge in [0.1, 0.15) is 0 Å². The second kappa shape index (κ2) is 1.98. The highest BCUT2D eigenvalue weighted by molar-refractivity contribution is 5.03. The van der Waals surface area contributed by atoms with Crippen molar-refractivity contribution in [1.29, 1.82) is 0 Å². The molecule has 0 aromatic carbocycles. The van der Waals surface area contributed by atoms with Crippen molar-refractivity contribution < 1.29 is 0 Å². The fraction of sp³-hybridized carbons (Fsp3) is 1.00. The fourth-order valence-corrected chi connectivity index (χ4v) is 2.31. The molecule has 0 bridgehead atoms. The molecule has 1 saturated carbocycles. The largest absolute Gasteiger partial charge is 0.316 e. The quantitative estimate of drug-likeness (QED) is 0.585. The van der Waals surface area contributed by atoms with Crippen LogP contribution in [0.4, 0.5) is 0 Å². The summed E-state index contributed by atoms with van der Waals surface area (Å²) in [6.45, 7) is 4.92. The number of piperidine rings is 1. The van der Waals surface area contributed by atoms with Crippen molar-refractivity contribution in [3.63, 3.8) is 0 Å². The van der Waals surface area contributed by atoms with E-state index in [1.807, 2.05) is 0 Å². The summed E-state index contributed by atoms with van der Waals surface area (Å²) >= 11 is 0. The van der Waals surface area contributed by atoms with Gasteiger partial charge in [-0.15, -0.1) is 0 Å². The van der Waals surface area contributed by atoms with E-state index < -0.39 is 0 Å². The molecule has 2 fully saturated rings. The van der Waals surface area contributed by atoms with Crippen LogP contribution >= 0.6 is 0 Å². The minimum absolute atomic E-state index is 1.09. The highest BCUT2D eigenvalue weighted by Gasteiger charge is 2.51. The normalized spacial score (nSPS) is 47.0. The van der Waals surface area contributed by atoms with Gasteiger partial charge in [-0.05, 0) is 30.8 Å². The number of nitrogens with one attached hydrogen (secondary N) is 1. The Balaban J connectivity index is 1.81. The van der Waals surface area contributed by atoms with Crippen LogP contribution in [0.2, 0.25) is 0 Å². The predicted molar refractivity (Wildman–Crippen MR) is 38.2 cm³/mol. The van der Waals surface area contributed by atoms with Crippen LogP contribution in [-0.4, -0.2) is 13.1 Å². The van der Waals surface area contributed by atoms with E-state index in [-0.39, 0.29) is 0 Å². The summed E-state index contributed by atoms with van der Waals surface area (Å²) in [5.74, 6) is 3.30. The lowest BCUT2D eigenvalue weighted by molar-refractivity contribution is 0.553. The molecule has 0 amide bonds. The lowest BCUT2D eigenvalue weighted by Crippen LogP contribution is -2.14. The molecule has 1 aliphatic heterocycles. The molecule has 9 heavy (non-hydrogen) atoms. The van der Waals surface area contributed by atoms with E-state index in [0.29, 0.717) is 0 Å². The van der Waals surface area contributed by atoms with E-state index in [2.05, 4.69) is 12.2 Å². The molecule has 0 aromatic heterocycles. The molecule has 0 radical (unpaired) electrons. The highest BCUT2D eigenvalue weighted by Crippen LogP contribution is 2.50. The van der Waals surface area contributed by atoms with Crippen molar-refractivity contribution in [2.75, 3.05) is 13.1 Å². The Morgan fingerprint density at radius 3 is 2.56 bits per heavy atom. The Morgan fingerprint density at radius 1 is 1.33 bits per heavy atom. The number of rotatable bonds is 2. The van der Waals surface area contributed by atoms with Crippen LogP contribution in [0.15, 0.2) is 0 Å². The van der Waals surface area contributed by atoms with Crippen LogP contribution in [0.5, 0.6) is 0 Å². The minimum atomic E-state index is 1.09. The molecule has 1 saturated heterocycles.